The molecule has 0 aromatic carbocycles. The molecule has 0 aliphatic heterocycles. The van der Waals surface area contributed by atoms with E-state index in [4.69, 9.17) is 0 Å². The second-order valence-electron chi connectivity index (χ2n) is 1.31. The lowest BCUT2D eigenvalue weighted by molar-refractivity contribution is -0.589. The highest BCUT2D eigenvalue weighted by Gasteiger charge is 1.74. The molecule has 0 amide bonds. The fraction of sp³-hybridized carbons (Fsp3) is 1.00. The van der Waals surface area contributed by atoms with E-state index in [1.807, 2.05) is 0 Å². The van der Waals surface area contributed by atoms with Crippen molar-refractivity contribution in [3.8, 4) is 0 Å². The maximum atomic E-state index is 9.56. The van der Waals surface area contributed by atoms with Gasteiger partial charge < -0.3 is 10.7 Å². The summed E-state index contributed by atoms with van der Waals surface area (Å²) in [6, 6.07) is 0. The first-order valence-corrected chi connectivity index (χ1v) is 2.35. The van der Waals surface area contributed by atoms with Crippen LogP contribution in [0.5, 0.6) is 0 Å². The highest BCUT2D eigenvalue weighted by Crippen LogP contribution is 1.76. The van der Waals surface area contributed by atoms with Crippen LogP contribution >= 0.6 is 0 Å². The van der Waals surface area contributed by atoms with Gasteiger partial charge in [0.15, 0.2) is 0 Å². The van der Waals surface area contributed by atoms with Crippen molar-refractivity contribution in [3.63, 3.8) is 0 Å². The highest BCUT2D eigenvalue weighted by molar-refractivity contribution is 4.24. The van der Waals surface area contributed by atoms with Crippen LogP contribution in [0.1, 0.15) is 19.8 Å². The van der Waals surface area contributed by atoms with Gasteiger partial charge in [-0.1, -0.05) is 13.3 Å². The molecular weight excluding hydrogens is 78.0 g/mol. The van der Waals surface area contributed by atoms with Gasteiger partial charge in [-0.25, -0.2) is 0 Å². The number of nitrogens with two attached hydrogens (primary N) is 1. The molecule has 0 radical (unpaired) electrons. The van der Waals surface area contributed by atoms with E-state index in [0.29, 0.717) is 0 Å². The van der Waals surface area contributed by atoms with Crippen LogP contribution in [0.4, 0.5) is 0 Å². The normalized spacial score (nSPS) is 9.00. The third-order valence-electron chi connectivity index (χ3n) is 0.676. The number of hydrogen-bond donors (Lipinski definition) is 1. The standard InChI is InChI=1S/C4H11NO/c1-2-3-4-5-6/h2-5H2,1H3. The molecule has 6 heavy (non-hydrogen) atoms. The van der Waals surface area contributed by atoms with E-state index in [2.05, 4.69) is 6.92 Å². The second-order valence-corrected chi connectivity index (χ2v) is 1.31. The first-order chi connectivity index (χ1) is 2.91. The first kappa shape index (κ1) is 5.92. The number of unbranched alkanes of at least 4 members (excludes halogenated alkanes) is 1. The Morgan fingerprint density at radius 2 is 2.33 bits per heavy atom. The van der Waals surface area contributed by atoms with Gasteiger partial charge in [0, 0.05) is 0 Å². The van der Waals surface area contributed by atoms with E-state index in [1.54, 1.807) is 0 Å². The number of quaternary nitrogens is 1. The van der Waals surface area contributed by atoms with E-state index in [0.717, 1.165) is 24.9 Å². The van der Waals surface area contributed by atoms with Crippen LogP contribution in [0.15, 0.2) is 0 Å². The zero-order valence-electron chi connectivity index (χ0n) is 4.11. The molecule has 0 atom stereocenters. The fourth-order valence-electron chi connectivity index (χ4n) is 0.287. The SMILES string of the molecule is CCCC[NH2+][O-]. The number of rotatable bonds is 3. The zero-order chi connectivity index (χ0) is 4.83. The third kappa shape index (κ3) is 3.92. The molecule has 2 N–H and O–H groups in total. The average Bonchev–Trinajstić information content (AvgIpc) is 1.61. The lowest BCUT2D eigenvalue weighted by Gasteiger charge is -1.96. The van der Waals surface area contributed by atoms with Crippen LogP contribution in [0, 0.1) is 5.21 Å². The number of hydrogen-bond acceptors (Lipinski definition) is 1. The molecule has 38 valence electrons. The lowest BCUT2D eigenvalue weighted by Crippen LogP contribution is -2.77. The van der Waals surface area contributed by atoms with Gasteiger partial charge in [-0.2, -0.15) is 0 Å². The summed E-state index contributed by atoms with van der Waals surface area (Å²) in [5.41, 5.74) is 0.962. The summed E-state index contributed by atoms with van der Waals surface area (Å²) in [6.45, 7) is 2.81. The summed E-state index contributed by atoms with van der Waals surface area (Å²) in [4.78, 5) is 0. The van der Waals surface area contributed by atoms with Crippen molar-refractivity contribution >= 4 is 0 Å². The van der Waals surface area contributed by atoms with Crippen LogP contribution in [-0.2, 0) is 0 Å². The third-order valence-corrected chi connectivity index (χ3v) is 0.676. The van der Waals surface area contributed by atoms with Gasteiger partial charge in [0.25, 0.3) is 0 Å². The van der Waals surface area contributed by atoms with Crippen LogP contribution in [-0.4, -0.2) is 6.54 Å². The monoisotopic (exact) mass is 89.1 g/mol. The van der Waals surface area contributed by atoms with Crippen molar-refractivity contribution in [1.29, 1.82) is 0 Å². The van der Waals surface area contributed by atoms with Gasteiger partial charge in [0.1, 0.15) is 0 Å². The van der Waals surface area contributed by atoms with Gasteiger partial charge in [0.2, 0.25) is 0 Å². The second kappa shape index (κ2) is 4.92. The van der Waals surface area contributed by atoms with Gasteiger partial charge in [0.05, 0.1) is 6.54 Å². The molecule has 0 bridgehead atoms. The van der Waals surface area contributed by atoms with Crippen molar-refractivity contribution in [2.45, 2.75) is 19.8 Å². The predicted molar refractivity (Wildman–Crippen MR) is 25.1 cm³/mol. The first-order valence-electron chi connectivity index (χ1n) is 2.35. The van der Waals surface area contributed by atoms with Crippen LogP contribution in [0.25, 0.3) is 0 Å². The predicted octanol–water partition coefficient (Wildman–Crippen LogP) is -0.152. The topological polar surface area (TPSA) is 39.7 Å². The molecule has 0 saturated heterocycles. The molecule has 0 rings (SSSR count). The van der Waals surface area contributed by atoms with Crippen molar-refractivity contribution in [2.75, 3.05) is 6.54 Å². The average molecular weight is 89.1 g/mol. The minimum Gasteiger partial charge on any atom is -0.636 e. The molecule has 0 aromatic heterocycles. The molecule has 0 unspecified atom stereocenters. The minimum absolute atomic E-state index is 0.733. The molecule has 2 nitrogen and oxygen atoms in total. The van der Waals surface area contributed by atoms with Gasteiger partial charge in [-0.15, -0.1) is 0 Å². The minimum atomic E-state index is 0.733. The van der Waals surface area contributed by atoms with E-state index in [9.17, 15) is 5.21 Å². The Morgan fingerprint density at radius 3 is 2.50 bits per heavy atom. The molecule has 0 aliphatic carbocycles. The van der Waals surface area contributed by atoms with Gasteiger partial charge >= 0.3 is 0 Å². The van der Waals surface area contributed by atoms with Crippen LogP contribution in [0.3, 0.4) is 0 Å². The molecule has 0 fully saturated rings. The Morgan fingerprint density at radius 1 is 1.67 bits per heavy atom. The Bertz CT molecular complexity index is 19.5. The van der Waals surface area contributed by atoms with Crippen LogP contribution in [0.2, 0.25) is 0 Å². The summed E-state index contributed by atoms with van der Waals surface area (Å²) in [5.74, 6) is 0. The van der Waals surface area contributed by atoms with Crippen LogP contribution < -0.4 is 5.48 Å². The lowest BCUT2D eigenvalue weighted by atomic mass is 10.3. The molecule has 0 aromatic rings. The molecule has 0 heterocycles. The maximum Gasteiger partial charge on any atom is 0.0752 e. The van der Waals surface area contributed by atoms with Gasteiger partial charge in [-0.05, 0) is 6.42 Å². The van der Waals surface area contributed by atoms with Crippen molar-refractivity contribution < 1.29 is 5.48 Å². The maximum absolute atomic E-state index is 9.56. The largest absolute Gasteiger partial charge is 0.636 e. The summed E-state index contributed by atoms with van der Waals surface area (Å²) < 4.78 is 0. The summed E-state index contributed by atoms with van der Waals surface area (Å²) in [6.07, 6.45) is 2.17. The van der Waals surface area contributed by atoms with E-state index in [-0.39, 0.29) is 0 Å². The van der Waals surface area contributed by atoms with Crippen molar-refractivity contribution in [1.82, 2.24) is 0 Å². The number of hydroxylamine groups is 1. The summed E-state index contributed by atoms with van der Waals surface area (Å²) in [5, 5.41) is 9.56. The molecular formula is C4H11NO. The van der Waals surface area contributed by atoms with E-state index >= 15 is 0 Å². The Balaban J connectivity index is 2.34. The smallest absolute Gasteiger partial charge is 0.0752 e. The molecule has 0 saturated carbocycles. The van der Waals surface area contributed by atoms with Crippen molar-refractivity contribution in [3.05, 3.63) is 5.21 Å². The molecule has 0 aliphatic rings. The van der Waals surface area contributed by atoms with Gasteiger partial charge in [-0.3, -0.25) is 0 Å². The summed E-state index contributed by atoms with van der Waals surface area (Å²) >= 11 is 0. The van der Waals surface area contributed by atoms with E-state index in [1.165, 1.54) is 0 Å². The zero-order valence-corrected chi connectivity index (χ0v) is 4.11. The molecule has 0 spiro atoms. The Kier molecular flexibility index (Phi) is 4.85. The quantitative estimate of drug-likeness (QED) is 0.379. The van der Waals surface area contributed by atoms with Crippen molar-refractivity contribution in [2.24, 2.45) is 0 Å². The fourth-order valence-corrected chi connectivity index (χ4v) is 0.287. The highest BCUT2D eigenvalue weighted by atomic mass is 16.5. The Hall–Kier alpha value is -0.0800. The van der Waals surface area contributed by atoms with E-state index < -0.39 is 0 Å². The summed E-state index contributed by atoms with van der Waals surface area (Å²) in [7, 11) is 0. The molecule has 2 heteroatoms. The Labute approximate surface area is 38.1 Å².